The van der Waals surface area contributed by atoms with Crippen LogP contribution in [0.1, 0.15) is 26.3 Å². The van der Waals surface area contributed by atoms with E-state index in [-0.39, 0.29) is 17.8 Å². The number of hydrogen-bond acceptors (Lipinski definition) is 7. The molecule has 12 heteroatoms. The quantitative estimate of drug-likeness (QED) is 0.574. The fraction of sp³-hybridized carbons (Fsp3) is 0.353. The van der Waals surface area contributed by atoms with E-state index >= 15 is 0 Å². The van der Waals surface area contributed by atoms with Crippen molar-refractivity contribution in [2.24, 2.45) is 0 Å². The lowest BCUT2D eigenvalue weighted by Crippen LogP contribution is -2.31. The molecule has 29 heavy (non-hydrogen) atoms. The van der Waals surface area contributed by atoms with E-state index in [1.807, 2.05) is 0 Å². The Hall–Kier alpha value is -3.44. The fourth-order valence-electron chi connectivity index (χ4n) is 2.72. The molecule has 2 aromatic heterocycles. The van der Waals surface area contributed by atoms with E-state index in [1.54, 1.807) is 13.8 Å². The van der Waals surface area contributed by atoms with Gasteiger partial charge < -0.3 is 9.47 Å². The van der Waals surface area contributed by atoms with Crippen molar-refractivity contribution >= 4 is 17.1 Å². The summed E-state index contributed by atoms with van der Waals surface area (Å²) in [6, 6.07) is 3.98. The van der Waals surface area contributed by atoms with E-state index in [1.165, 1.54) is 23.1 Å². The van der Waals surface area contributed by atoms with E-state index in [0.717, 1.165) is 16.7 Å². The Morgan fingerprint density at radius 3 is 2.48 bits per heavy atom. The van der Waals surface area contributed by atoms with Crippen molar-refractivity contribution in [3.63, 3.8) is 0 Å². The van der Waals surface area contributed by atoms with Crippen LogP contribution in [-0.4, -0.2) is 43.5 Å². The number of rotatable bonds is 6. The monoisotopic (exact) mass is 411 g/mol. The zero-order valence-electron chi connectivity index (χ0n) is 15.4. The van der Waals surface area contributed by atoms with E-state index in [4.69, 9.17) is 4.74 Å². The van der Waals surface area contributed by atoms with Crippen LogP contribution in [0.2, 0.25) is 0 Å². The Balaban J connectivity index is 1.98. The Morgan fingerprint density at radius 2 is 1.90 bits per heavy atom. The highest BCUT2D eigenvalue weighted by Crippen LogP contribution is 2.24. The third-order valence-corrected chi connectivity index (χ3v) is 3.98. The van der Waals surface area contributed by atoms with Gasteiger partial charge in [0.2, 0.25) is 0 Å². The summed E-state index contributed by atoms with van der Waals surface area (Å²) in [5, 5.41) is 7.66. The summed E-state index contributed by atoms with van der Waals surface area (Å²) in [5.41, 5.74) is -0.261. The minimum Gasteiger partial charge on any atom is -0.464 e. The lowest BCUT2D eigenvalue weighted by atomic mass is 10.2. The van der Waals surface area contributed by atoms with Crippen LogP contribution in [0.4, 0.5) is 13.2 Å². The minimum atomic E-state index is -4.80. The Morgan fingerprint density at radius 1 is 1.21 bits per heavy atom. The summed E-state index contributed by atoms with van der Waals surface area (Å²) in [4.78, 5) is 29.0. The molecule has 3 aromatic rings. The van der Waals surface area contributed by atoms with Gasteiger partial charge in [0.1, 0.15) is 18.1 Å². The van der Waals surface area contributed by atoms with Crippen molar-refractivity contribution < 1.29 is 27.4 Å². The number of aromatic nitrogens is 5. The molecule has 2 heterocycles. The molecule has 0 amide bonds. The second-order valence-corrected chi connectivity index (χ2v) is 5.85. The van der Waals surface area contributed by atoms with Crippen LogP contribution in [0.25, 0.3) is 16.9 Å². The highest BCUT2D eigenvalue weighted by atomic mass is 19.4. The van der Waals surface area contributed by atoms with Crippen LogP contribution < -0.4 is 10.3 Å². The molecule has 0 aliphatic heterocycles. The number of carbonyl (C=O) groups is 1. The largest absolute Gasteiger partial charge is 0.573 e. The molecule has 0 saturated heterocycles. The molecule has 0 N–H and O–H groups in total. The first-order valence-corrected chi connectivity index (χ1v) is 8.60. The normalized spacial score (nSPS) is 12.7. The van der Waals surface area contributed by atoms with Crippen molar-refractivity contribution in [3.8, 4) is 11.4 Å². The number of alkyl halides is 3. The van der Waals surface area contributed by atoms with E-state index < -0.39 is 29.7 Å². The summed E-state index contributed by atoms with van der Waals surface area (Å²) in [6.45, 7) is 3.55. The van der Waals surface area contributed by atoms with E-state index in [0.29, 0.717) is 12.1 Å². The topological polar surface area (TPSA) is 101 Å². The lowest BCUT2D eigenvalue weighted by molar-refractivity contribution is -0.274. The summed E-state index contributed by atoms with van der Waals surface area (Å²) in [6.07, 6.45) is -3.31. The van der Waals surface area contributed by atoms with Crippen molar-refractivity contribution in [3.05, 3.63) is 40.9 Å². The number of carbonyl (C=O) groups excluding carboxylic acids is 1. The van der Waals surface area contributed by atoms with Gasteiger partial charge in [0.05, 0.1) is 12.3 Å². The molecule has 154 valence electrons. The molecule has 0 fully saturated rings. The average molecular weight is 411 g/mol. The molecule has 0 unspecified atom stereocenters. The molecule has 0 aliphatic rings. The number of esters is 1. The maximum absolute atomic E-state index is 12.7. The lowest BCUT2D eigenvalue weighted by Gasteiger charge is -2.15. The fourth-order valence-corrected chi connectivity index (χ4v) is 2.72. The first-order chi connectivity index (χ1) is 13.7. The van der Waals surface area contributed by atoms with Crippen molar-refractivity contribution in [1.82, 2.24) is 24.5 Å². The first-order valence-electron chi connectivity index (χ1n) is 8.60. The van der Waals surface area contributed by atoms with Gasteiger partial charge in [0.15, 0.2) is 11.2 Å². The molecular weight excluding hydrogens is 395 g/mol. The number of nitrogens with zero attached hydrogens (tertiary/aromatic N) is 5. The number of ether oxygens (including phenoxy) is 2. The van der Waals surface area contributed by atoms with Gasteiger partial charge in [-0.3, -0.25) is 9.36 Å². The van der Waals surface area contributed by atoms with Gasteiger partial charge in [-0.15, -0.1) is 18.3 Å². The van der Waals surface area contributed by atoms with Gasteiger partial charge in [-0.1, -0.05) is 12.1 Å². The van der Waals surface area contributed by atoms with Gasteiger partial charge in [-0.25, -0.2) is 9.78 Å². The van der Waals surface area contributed by atoms with Gasteiger partial charge in [0, 0.05) is 0 Å². The molecule has 9 nitrogen and oxygen atoms in total. The predicted octanol–water partition coefficient (Wildman–Crippen LogP) is 2.39. The van der Waals surface area contributed by atoms with Gasteiger partial charge >= 0.3 is 12.3 Å². The van der Waals surface area contributed by atoms with Crippen molar-refractivity contribution in [2.75, 3.05) is 6.61 Å². The van der Waals surface area contributed by atoms with Crippen molar-refractivity contribution in [2.45, 2.75) is 32.7 Å². The SMILES string of the molecule is CCOC(=O)[C@@H](CC)n1cnc2c(nnn2-c2ccc(OC(F)(F)F)cc2)c1=O. The third kappa shape index (κ3) is 4.20. The molecule has 0 radical (unpaired) electrons. The second kappa shape index (κ2) is 7.89. The van der Waals surface area contributed by atoms with Crippen LogP contribution in [-0.2, 0) is 9.53 Å². The molecule has 1 atom stereocenters. The van der Waals surface area contributed by atoms with Crippen LogP contribution in [0.5, 0.6) is 5.75 Å². The van der Waals surface area contributed by atoms with Gasteiger partial charge in [-0.2, -0.15) is 4.68 Å². The summed E-state index contributed by atoms with van der Waals surface area (Å²) >= 11 is 0. The number of benzene rings is 1. The molecule has 3 rings (SSSR count). The van der Waals surface area contributed by atoms with Crippen LogP contribution in [0.15, 0.2) is 35.4 Å². The highest BCUT2D eigenvalue weighted by molar-refractivity contribution is 5.75. The highest BCUT2D eigenvalue weighted by Gasteiger charge is 2.31. The summed E-state index contributed by atoms with van der Waals surface area (Å²) in [5.74, 6) is -0.966. The van der Waals surface area contributed by atoms with Crippen LogP contribution in [0.3, 0.4) is 0 Å². The Kier molecular flexibility index (Phi) is 5.52. The maximum Gasteiger partial charge on any atom is 0.573 e. The average Bonchev–Trinajstić information content (AvgIpc) is 3.08. The molecule has 0 spiro atoms. The van der Waals surface area contributed by atoms with Crippen LogP contribution in [0, 0.1) is 0 Å². The number of halogens is 3. The molecule has 0 bridgehead atoms. The molecule has 1 aromatic carbocycles. The van der Waals surface area contributed by atoms with Crippen LogP contribution >= 0.6 is 0 Å². The zero-order chi connectivity index (χ0) is 21.2. The summed E-state index contributed by atoms with van der Waals surface area (Å²) < 4.78 is 47.9. The van der Waals surface area contributed by atoms with Gasteiger partial charge in [-0.05, 0) is 37.6 Å². The Labute approximate surface area is 161 Å². The van der Waals surface area contributed by atoms with Crippen molar-refractivity contribution in [1.29, 1.82) is 0 Å². The number of fused-ring (bicyclic) bond motifs is 1. The van der Waals surface area contributed by atoms with E-state index in [9.17, 15) is 22.8 Å². The molecule has 0 aliphatic carbocycles. The number of hydrogen-bond donors (Lipinski definition) is 0. The third-order valence-electron chi connectivity index (χ3n) is 3.98. The smallest absolute Gasteiger partial charge is 0.464 e. The molecule has 0 saturated carbocycles. The zero-order valence-corrected chi connectivity index (χ0v) is 15.4. The predicted molar refractivity (Wildman–Crippen MR) is 93.6 cm³/mol. The van der Waals surface area contributed by atoms with Gasteiger partial charge in [0.25, 0.3) is 5.56 Å². The first kappa shape index (κ1) is 20.3. The molecular formula is C17H16F3N5O4. The van der Waals surface area contributed by atoms with E-state index in [2.05, 4.69) is 20.0 Å². The Bertz CT molecular complexity index is 1080. The maximum atomic E-state index is 12.7. The summed E-state index contributed by atoms with van der Waals surface area (Å²) in [7, 11) is 0. The minimum absolute atomic E-state index is 0.0918. The second-order valence-electron chi connectivity index (χ2n) is 5.85. The standard InChI is InChI=1S/C17H16F3N5O4/c1-3-12(16(27)28-4-2)24-9-21-14-13(15(24)26)22-23-25(14)10-5-7-11(8-6-10)29-17(18,19)20/h5-9,12H,3-4H2,1-2H3/t12-/m1/s1.